The summed E-state index contributed by atoms with van der Waals surface area (Å²) in [5, 5.41) is 8.88. The lowest BCUT2D eigenvalue weighted by Crippen LogP contribution is -2.10. The van der Waals surface area contributed by atoms with Crippen LogP contribution >= 0.6 is 0 Å². The molecule has 1 N–H and O–H groups in total. The molecule has 0 saturated carbocycles. The molecule has 154 valence electrons. The molecular formula is C22H24O7. The van der Waals surface area contributed by atoms with Crippen LogP contribution in [-0.4, -0.2) is 44.8 Å². The van der Waals surface area contributed by atoms with Crippen LogP contribution in [0.4, 0.5) is 0 Å². The lowest BCUT2D eigenvalue weighted by atomic mass is 10.0. The van der Waals surface area contributed by atoms with Crippen LogP contribution in [0.25, 0.3) is 6.08 Å². The third-order valence-electron chi connectivity index (χ3n) is 4.24. The van der Waals surface area contributed by atoms with Crippen LogP contribution < -0.4 is 18.9 Å². The van der Waals surface area contributed by atoms with Gasteiger partial charge in [-0.3, -0.25) is 4.79 Å². The van der Waals surface area contributed by atoms with E-state index in [1.807, 2.05) is 13.8 Å². The van der Waals surface area contributed by atoms with Crippen molar-refractivity contribution in [2.45, 2.75) is 13.8 Å². The summed E-state index contributed by atoms with van der Waals surface area (Å²) >= 11 is 0. The highest BCUT2D eigenvalue weighted by atomic mass is 16.5. The Labute approximate surface area is 169 Å². The van der Waals surface area contributed by atoms with Crippen LogP contribution in [0.15, 0.2) is 30.3 Å². The number of aliphatic carboxylic acids is 1. The third-order valence-corrected chi connectivity index (χ3v) is 4.24. The smallest absolute Gasteiger partial charge is 0.341 e. The van der Waals surface area contributed by atoms with Crippen molar-refractivity contribution in [3.8, 4) is 23.0 Å². The number of carbonyl (C=O) groups excluding carboxylic acids is 1. The molecule has 0 atom stereocenters. The fraction of sp³-hybridized carbons (Fsp3) is 0.273. The molecule has 0 saturated heterocycles. The highest BCUT2D eigenvalue weighted by Crippen LogP contribution is 2.33. The average molecular weight is 400 g/mol. The molecule has 0 aliphatic carbocycles. The van der Waals surface area contributed by atoms with Gasteiger partial charge in [0.15, 0.2) is 23.9 Å². The summed E-state index contributed by atoms with van der Waals surface area (Å²) < 4.78 is 21.2. The van der Waals surface area contributed by atoms with Gasteiger partial charge in [-0.2, -0.15) is 0 Å². The van der Waals surface area contributed by atoms with E-state index >= 15 is 0 Å². The zero-order valence-electron chi connectivity index (χ0n) is 17.1. The number of carboxylic acid groups (broad SMARTS) is 1. The molecule has 0 aromatic heterocycles. The summed E-state index contributed by atoms with van der Waals surface area (Å²) in [6.07, 6.45) is 2.95. The standard InChI is InChI=1S/C22H24O7/c1-13-9-19(29-12-21(24)25)15(10-18(13)26-3)6-7-17(23)16-8-14(2)22(28-5)20(11-16)27-4/h6-11H,12H2,1-5H3,(H,24,25)/b7-6+. The molecule has 29 heavy (non-hydrogen) atoms. The molecule has 0 radical (unpaired) electrons. The number of hydrogen-bond donors (Lipinski definition) is 1. The van der Waals surface area contributed by atoms with Crippen LogP contribution in [0, 0.1) is 13.8 Å². The van der Waals surface area contributed by atoms with Gasteiger partial charge in [0.1, 0.15) is 11.5 Å². The molecule has 0 aliphatic heterocycles. The van der Waals surface area contributed by atoms with Crippen LogP contribution in [0.5, 0.6) is 23.0 Å². The van der Waals surface area contributed by atoms with E-state index in [1.165, 1.54) is 27.4 Å². The van der Waals surface area contributed by atoms with Crippen LogP contribution in [0.3, 0.4) is 0 Å². The van der Waals surface area contributed by atoms with E-state index in [9.17, 15) is 9.59 Å². The Hall–Kier alpha value is -3.48. The number of carboxylic acids is 1. The van der Waals surface area contributed by atoms with Gasteiger partial charge in [0.05, 0.1) is 21.3 Å². The van der Waals surface area contributed by atoms with Crippen LogP contribution in [0.2, 0.25) is 0 Å². The summed E-state index contributed by atoms with van der Waals surface area (Å²) in [5.41, 5.74) is 2.51. The molecule has 0 spiro atoms. The van der Waals surface area contributed by atoms with Crippen molar-refractivity contribution in [3.05, 3.63) is 52.6 Å². The van der Waals surface area contributed by atoms with Gasteiger partial charge in [0.2, 0.25) is 0 Å². The second-order valence-electron chi connectivity index (χ2n) is 6.27. The van der Waals surface area contributed by atoms with Crippen molar-refractivity contribution in [1.82, 2.24) is 0 Å². The predicted molar refractivity (Wildman–Crippen MR) is 109 cm³/mol. The lowest BCUT2D eigenvalue weighted by Gasteiger charge is -2.12. The number of carbonyl (C=O) groups is 2. The van der Waals surface area contributed by atoms with E-state index in [1.54, 1.807) is 30.3 Å². The molecule has 2 aromatic carbocycles. The van der Waals surface area contributed by atoms with Crippen molar-refractivity contribution >= 4 is 17.8 Å². The molecule has 0 heterocycles. The van der Waals surface area contributed by atoms with Gasteiger partial charge in [-0.15, -0.1) is 0 Å². The van der Waals surface area contributed by atoms with E-state index in [0.717, 1.165) is 11.1 Å². The minimum Gasteiger partial charge on any atom is -0.496 e. The Morgan fingerprint density at radius 3 is 2.17 bits per heavy atom. The van der Waals surface area contributed by atoms with Gasteiger partial charge in [0.25, 0.3) is 0 Å². The van der Waals surface area contributed by atoms with E-state index < -0.39 is 12.6 Å². The Bertz CT molecular complexity index is 945. The first-order valence-corrected chi connectivity index (χ1v) is 8.79. The highest BCUT2D eigenvalue weighted by molar-refractivity contribution is 6.07. The topological polar surface area (TPSA) is 91.3 Å². The van der Waals surface area contributed by atoms with Gasteiger partial charge >= 0.3 is 5.97 Å². The largest absolute Gasteiger partial charge is 0.496 e. The van der Waals surface area contributed by atoms with Crippen LogP contribution in [-0.2, 0) is 4.79 Å². The average Bonchev–Trinajstić information content (AvgIpc) is 2.70. The second-order valence-corrected chi connectivity index (χ2v) is 6.27. The van der Waals surface area contributed by atoms with Gasteiger partial charge in [-0.1, -0.05) is 0 Å². The predicted octanol–water partition coefficient (Wildman–Crippen LogP) is 3.69. The number of allylic oxidation sites excluding steroid dienone is 1. The van der Waals surface area contributed by atoms with Gasteiger partial charge in [-0.05, 0) is 61.4 Å². The zero-order valence-corrected chi connectivity index (χ0v) is 17.1. The number of methoxy groups -OCH3 is 3. The molecule has 0 aliphatic rings. The maximum Gasteiger partial charge on any atom is 0.341 e. The number of hydrogen-bond acceptors (Lipinski definition) is 6. The maximum atomic E-state index is 12.7. The van der Waals surface area contributed by atoms with E-state index in [2.05, 4.69) is 0 Å². The Morgan fingerprint density at radius 2 is 1.59 bits per heavy atom. The highest BCUT2D eigenvalue weighted by Gasteiger charge is 2.14. The number of rotatable bonds is 9. The Kier molecular flexibility index (Phi) is 7.25. The lowest BCUT2D eigenvalue weighted by molar-refractivity contribution is -0.139. The maximum absolute atomic E-state index is 12.7. The van der Waals surface area contributed by atoms with Gasteiger partial charge < -0.3 is 24.1 Å². The van der Waals surface area contributed by atoms with Gasteiger partial charge in [-0.25, -0.2) is 4.79 Å². The van der Waals surface area contributed by atoms with Crippen LogP contribution in [0.1, 0.15) is 27.0 Å². The monoisotopic (exact) mass is 400 g/mol. The quantitative estimate of drug-likeness (QED) is 0.507. The number of benzene rings is 2. The molecule has 2 rings (SSSR count). The summed E-state index contributed by atoms with van der Waals surface area (Å²) in [6.45, 7) is 3.15. The first kappa shape index (κ1) is 21.8. The fourth-order valence-corrected chi connectivity index (χ4v) is 2.85. The molecule has 0 amide bonds. The number of ether oxygens (including phenoxy) is 4. The summed E-state index contributed by atoms with van der Waals surface area (Å²) in [6, 6.07) is 6.68. The normalized spacial score (nSPS) is 10.7. The van der Waals surface area contributed by atoms with E-state index in [-0.39, 0.29) is 5.78 Å². The van der Waals surface area contributed by atoms with E-state index in [0.29, 0.717) is 34.1 Å². The summed E-state index contributed by atoms with van der Waals surface area (Å²) in [5.74, 6) is 0.635. The first-order valence-electron chi connectivity index (χ1n) is 8.79. The second kappa shape index (κ2) is 9.64. The number of aryl methyl sites for hydroxylation is 2. The molecule has 0 bridgehead atoms. The fourth-order valence-electron chi connectivity index (χ4n) is 2.85. The van der Waals surface area contributed by atoms with Crippen molar-refractivity contribution in [3.63, 3.8) is 0 Å². The molecule has 0 unspecified atom stereocenters. The Balaban J connectivity index is 2.38. The molecule has 0 fully saturated rings. The van der Waals surface area contributed by atoms with Crippen molar-refractivity contribution < 1.29 is 33.6 Å². The molecule has 2 aromatic rings. The summed E-state index contributed by atoms with van der Waals surface area (Å²) in [7, 11) is 4.58. The van der Waals surface area contributed by atoms with Crippen molar-refractivity contribution in [2.24, 2.45) is 0 Å². The minimum atomic E-state index is -1.09. The Morgan fingerprint density at radius 1 is 0.897 bits per heavy atom. The summed E-state index contributed by atoms with van der Waals surface area (Å²) in [4.78, 5) is 23.5. The minimum absolute atomic E-state index is 0.252. The van der Waals surface area contributed by atoms with Crippen molar-refractivity contribution in [2.75, 3.05) is 27.9 Å². The number of ketones is 1. The molecule has 7 nitrogen and oxygen atoms in total. The van der Waals surface area contributed by atoms with E-state index in [4.69, 9.17) is 24.1 Å². The molecular weight excluding hydrogens is 376 g/mol. The zero-order chi connectivity index (χ0) is 21.6. The SMILES string of the molecule is COc1cc(/C=C/C(=O)c2cc(C)c(OC)c(OC)c2)c(OCC(=O)O)cc1C. The molecule has 7 heteroatoms. The van der Waals surface area contributed by atoms with Gasteiger partial charge in [0, 0.05) is 11.1 Å². The van der Waals surface area contributed by atoms with Crippen molar-refractivity contribution in [1.29, 1.82) is 0 Å². The first-order chi connectivity index (χ1) is 13.8. The third kappa shape index (κ3) is 5.28.